The Kier molecular flexibility index (Phi) is 6.09. The fourth-order valence-electron chi connectivity index (χ4n) is 4.98. The van der Waals surface area contributed by atoms with Gasteiger partial charge in [0, 0.05) is 25.6 Å². The molecule has 2 heterocycles. The van der Waals surface area contributed by atoms with Crippen LogP contribution in [-0.4, -0.2) is 48.4 Å². The molecule has 2 aliphatic heterocycles. The molecule has 0 aromatic heterocycles. The summed E-state index contributed by atoms with van der Waals surface area (Å²) in [6.07, 6.45) is 8.12. The first-order valence-electron chi connectivity index (χ1n) is 10.6. The number of nitrogens with zero attached hydrogens (tertiary/aromatic N) is 2. The molecule has 0 bridgehead atoms. The highest BCUT2D eigenvalue weighted by Crippen LogP contribution is 2.35. The first-order chi connectivity index (χ1) is 14.0. The maximum Gasteiger partial charge on any atom is 0.338 e. The van der Waals surface area contributed by atoms with Gasteiger partial charge in [0.05, 0.1) is 16.3 Å². The number of piperidine rings is 1. The van der Waals surface area contributed by atoms with Crippen molar-refractivity contribution < 1.29 is 19.1 Å². The average molecular weight is 419 g/mol. The normalized spacial score (nSPS) is 24.4. The number of ether oxygens (including phenoxy) is 1. The fraction of sp³-hybridized carbons (Fsp3) is 0.591. The van der Waals surface area contributed by atoms with Gasteiger partial charge in [0.1, 0.15) is 0 Å². The van der Waals surface area contributed by atoms with Gasteiger partial charge in [-0.25, -0.2) is 4.79 Å². The second-order valence-electron chi connectivity index (χ2n) is 8.23. The van der Waals surface area contributed by atoms with E-state index in [4.69, 9.17) is 16.3 Å². The second-order valence-corrected chi connectivity index (χ2v) is 8.64. The van der Waals surface area contributed by atoms with Crippen LogP contribution in [0.3, 0.4) is 0 Å². The lowest BCUT2D eigenvalue weighted by Gasteiger charge is -2.44. The van der Waals surface area contributed by atoms with Crippen molar-refractivity contribution in [2.75, 3.05) is 24.6 Å². The molecule has 1 saturated carbocycles. The van der Waals surface area contributed by atoms with Crippen LogP contribution in [0.25, 0.3) is 0 Å². The largest absolute Gasteiger partial charge is 0.452 e. The Morgan fingerprint density at radius 2 is 1.86 bits per heavy atom. The number of hydrogen-bond donors (Lipinski definition) is 0. The molecule has 3 aliphatic rings. The third kappa shape index (κ3) is 4.27. The van der Waals surface area contributed by atoms with Crippen molar-refractivity contribution in [3.8, 4) is 0 Å². The van der Waals surface area contributed by atoms with Crippen molar-refractivity contribution in [1.82, 2.24) is 4.90 Å². The van der Waals surface area contributed by atoms with E-state index in [1.54, 1.807) is 23.1 Å². The number of benzene rings is 1. The monoisotopic (exact) mass is 418 g/mol. The number of rotatable bonds is 4. The van der Waals surface area contributed by atoms with E-state index in [0.29, 0.717) is 41.2 Å². The summed E-state index contributed by atoms with van der Waals surface area (Å²) in [5, 5.41) is 0.421. The lowest BCUT2D eigenvalue weighted by Crippen LogP contribution is -2.50. The third-order valence-corrected chi connectivity index (χ3v) is 6.76. The molecule has 0 unspecified atom stereocenters. The lowest BCUT2D eigenvalue weighted by molar-refractivity contribution is -0.140. The van der Waals surface area contributed by atoms with E-state index in [1.807, 2.05) is 4.90 Å². The zero-order valence-corrected chi connectivity index (χ0v) is 17.3. The molecule has 1 aromatic carbocycles. The number of anilines is 1. The Bertz CT molecular complexity index is 810. The predicted octanol–water partition coefficient (Wildman–Crippen LogP) is 3.80. The summed E-state index contributed by atoms with van der Waals surface area (Å²) >= 11 is 6.23. The minimum Gasteiger partial charge on any atom is -0.452 e. The first kappa shape index (κ1) is 20.2. The van der Waals surface area contributed by atoms with Gasteiger partial charge in [0.25, 0.3) is 5.91 Å². The minimum absolute atomic E-state index is 0.000250. The second kappa shape index (κ2) is 8.74. The zero-order valence-electron chi connectivity index (χ0n) is 16.6. The molecule has 0 radical (unpaired) electrons. The molecule has 0 N–H and O–H groups in total. The summed E-state index contributed by atoms with van der Waals surface area (Å²) in [5.74, 6) is -0.0901. The molecule has 3 fully saturated rings. The summed E-state index contributed by atoms with van der Waals surface area (Å²) in [6.45, 7) is 1.09. The maximum atomic E-state index is 12.7. The molecule has 1 aliphatic carbocycles. The highest BCUT2D eigenvalue weighted by molar-refractivity contribution is 6.34. The summed E-state index contributed by atoms with van der Waals surface area (Å²) < 4.78 is 5.33. The summed E-state index contributed by atoms with van der Waals surface area (Å²) in [6, 6.07) is 5.04. The lowest BCUT2D eigenvalue weighted by atomic mass is 9.78. The molecule has 1 aromatic rings. The summed E-state index contributed by atoms with van der Waals surface area (Å²) in [5.41, 5.74) is 0.821. The van der Waals surface area contributed by atoms with Crippen molar-refractivity contribution in [2.45, 2.75) is 57.4 Å². The molecule has 156 valence electrons. The quantitative estimate of drug-likeness (QED) is 0.697. The molecule has 0 spiro atoms. The van der Waals surface area contributed by atoms with E-state index < -0.39 is 5.97 Å². The van der Waals surface area contributed by atoms with Gasteiger partial charge >= 0.3 is 5.97 Å². The van der Waals surface area contributed by atoms with Crippen LogP contribution in [0.4, 0.5) is 5.69 Å². The van der Waals surface area contributed by atoms with Crippen molar-refractivity contribution >= 4 is 35.1 Å². The number of halogens is 1. The smallest absolute Gasteiger partial charge is 0.338 e. The van der Waals surface area contributed by atoms with Gasteiger partial charge in [-0.1, -0.05) is 24.4 Å². The third-order valence-electron chi connectivity index (χ3n) is 6.44. The summed E-state index contributed by atoms with van der Waals surface area (Å²) in [7, 11) is 0. The van der Waals surface area contributed by atoms with Crippen molar-refractivity contribution in [1.29, 1.82) is 0 Å². The highest BCUT2D eigenvalue weighted by Gasteiger charge is 2.36. The number of hydrogen-bond acceptors (Lipinski definition) is 4. The molecule has 29 heavy (non-hydrogen) atoms. The topological polar surface area (TPSA) is 66.9 Å². The minimum atomic E-state index is -0.569. The molecule has 2 atom stereocenters. The number of carbonyl (C=O) groups excluding carboxylic acids is 3. The van der Waals surface area contributed by atoms with E-state index in [1.165, 1.54) is 19.3 Å². The van der Waals surface area contributed by atoms with Gasteiger partial charge < -0.3 is 14.5 Å². The Hall–Kier alpha value is -2.08. The number of fused-ring (bicyclic) bond motifs is 1. The molecule has 2 amide bonds. The maximum absolute atomic E-state index is 12.7. The first-order valence-corrected chi connectivity index (χ1v) is 11.0. The molecular weight excluding hydrogens is 392 g/mol. The Morgan fingerprint density at radius 3 is 2.66 bits per heavy atom. The fourth-order valence-corrected chi connectivity index (χ4v) is 5.20. The van der Waals surface area contributed by atoms with Gasteiger partial charge in [-0.2, -0.15) is 0 Å². The van der Waals surface area contributed by atoms with Crippen LogP contribution in [0.1, 0.15) is 61.7 Å². The SMILES string of the molecule is O=C(OCC(=O)N1CCC[C@@H]2CCCC[C@@H]21)c1ccc(Cl)c(N2CCCC2=O)c1. The van der Waals surface area contributed by atoms with Crippen LogP contribution < -0.4 is 4.90 Å². The Morgan fingerprint density at radius 1 is 1.07 bits per heavy atom. The zero-order chi connectivity index (χ0) is 20.4. The van der Waals surface area contributed by atoms with Crippen LogP contribution in [-0.2, 0) is 14.3 Å². The standard InChI is InChI=1S/C22H27ClN2O4/c23-17-10-9-16(13-19(17)25-12-4-8-20(25)26)22(28)29-14-21(27)24-11-3-6-15-5-1-2-7-18(15)24/h9-10,13,15,18H,1-8,11-12,14H2/t15-,18-/m0/s1. The van der Waals surface area contributed by atoms with Crippen molar-refractivity contribution in [2.24, 2.45) is 5.92 Å². The van der Waals surface area contributed by atoms with Gasteiger partial charge in [-0.15, -0.1) is 0 Å². The van der Waals surface area contributed by atoms with E-state index in [-0.39, 0.29) is 18.4 Å². The predicted molar refractivity (Wildman–Crippen MR) is 110 cm³/mol. The van der Waals surface area contributed by atoms with Crippen LogP contribution in [0, 0.1) is 5.92 Å². The van der Waals surface area contributed by atoms with Gasteiger partial charge in [0.2, 0.25) is 5.91 Å². The molecule has 7 heteroatoms. The van der Waals surface area contributed by atoms with Gasteiger partial charge in [-0.05, 0) is 56.2 Å². The van der Waals surface area contributed by atoms with E-state index in [0.717, 1.165) is 32.2 Å². The van der Waals surface area contributed by atoms with E-state index in [9.17, 15) is 14.4 Å². The molecule has 2 saturated heterocycles. The van der Waals surface area contributed by atoms with Crippen molar-refractivity contribution in [3.63, 3.8) is 0 Å². The average Bonchev–Trinajstić information content (AvgIpc) is 3.17. The van der Waals surface area contributed by atoms with E-state index in [2.05, 4.69) is 0 Å². The highest BCUT2D eigenvalue weighted by atomic mass is 35.5. The Balaban J connectivity index is 1.39. The van der Waals surface area contributed by atoms with Gasteiger partial charge in [0.15, 0.2) is 6.61 Å². The number of amides is 2. The Labute approximate surface area is 176 Å². The van der Waals surface area contributed by atoms with Gasteiger partial charge in [-0.3, -0.25) is 9.59 Å². The number of carbonyl (C=O) groups is 3. The van der Waals surface area contributed by atoms with Crippen LogP contribution >= 0.6 is 11.6 Å². The molecular formula is C22H27ClN2O4. The molecule has 6 nitrogen and oxygen atoms in total. The van der Waals surface area contributed by atoms with Crippen LogP contribution in [0.15, 0.2) is 18.2 Å². The number of likely N-dealkylation sites (tertiary alicyclic amines) is 1. The summed E-state index contributed by atoms with van der Waals surface area (Å²) in [4.78, 5) is 40.8. The van der Waals surface area contributed by atoms with E-state index >= 15 is 0 Å². The number of esters is 1. The van der Waals surface area contributed by atoms with Crippen molar-refractivity contribution in [3.05, 3.63) is 28.8 Å². The van der Waals surface area contributed by atoms with Crippen LogP contribution in [0.5, 0.6) is 0 Å². The molecule has 4 rings (SSSR count). The van der Waals surface area contributed by atoms with Crippen LogP contribution in [0.2, 0.25) is 5.02 Å².